The summed E-state index contributed by atoms with van der Waals surface area (Å²) in [5.74, 6) is -1.35. The minimum absolute atomic E-state index is 0.129. The Morgan fingerprint density at radius 2 is 2.15 bits per heavy atom. The average Bonchev–Trinajstić information content (AvgIpc) is 2.12. The van der Waals surface area contributed by atoms with Gasteiger partial charge < -0.3 is 10.2 Å². The van der Waals surface area contributed by atoms with Crippen molar-refractivity contribution in [1.29, 1.82) is 0 Å². The molecule has 2 N–H and O–H groups in total. The van der Waals surface area contributed by atoms with Gasteiger partial charge in [0.1, 0.15) is 0 Å². The van der Waals surface area contributed by atoms with Crippen molar-refractivity contribution in [2.24, 2.45) is 0 Å². The number of aliphatic hydroxyl groups is 1. The molecule has 0 aliphatic carbocycles. The first kappa shape index (κ1) is 10.5. The summed E-state index contributed by atoms with van der Waals surface area (Å²) >= 11 is 3.18. The van der Waals surface area contributed by atoms with E-state index in [4.69, 9.17) is 5.11 Å². The molecule has 0 heterocycles. The molecule has 0 radical (unpaired) electrons. The van der Waals surface area contributed by atoms with Crippen LogP contribution >= 0.6 is 15.9 Å². The van der Waals surface area contributed by atoms with Crippen LogP contribution in [0, 0.1) is 5.82 Å². The van der Waals surface area contributed by atoms with E-state index in [0.717, 1.165) is 0 Å². The van der Waals surface area contributed by atoms with E-state index in [-0.39, 0.29) is 12.5 Å². The second-order valence-electron chi connectivity index (χ2n) is 2.88. The van der Waals surface area contributed by atoms with Gasteiger partial charge in [0, 0.05) is 22.6 Å². The predicted molar refractivity (Wildman–Crippen MR) is 51.3 cm³/mol. The van der Waals surface area contributed by atoms with Crippen LogP contribution < -0.4 is 0 Å². The number of phenols is 1. The van der Waals surface area contributed by atoms with E-state index >= 15 is 0 Å². The molecule has 0 aliphatic heterocycles. The van der Waals surface area contributed by atoms with Crippen LogP contribution in [0.3, 0.4) is 0 Å². The molecule has 4 heteroatoms. The van der Waals surface area contributed by atoms with Gasteiger partial charge in [-0.25, -0.2) is 4.39 Å². The molecule has 2 nitrogen and oxygen atoms in total. The van der Waals surface area contributed by atoms with Gasteiger partial charge in [-0.05, 0) is 12.1 Å². The molecule has 0 fully saturated rings. The van der Waals surface area contributed by atoms with Gasteiger partial charge in [0.05, 0.1) is 0 Å². The molecule has 72 valence electrons. The number of hydrogen-bond acceptors (Lipinski definition) is 2. The van der Waals surface area contributed by atoms with Crippen molar-refractivity contribution >= 4 is 15.9 Å². The number of aliphatic hydroxyl groups excluding tert-OH is 1. The third-order valence-corrected chi connectivity index (χ3v) is 2.57. The summed E-state index contributed by atoms with van der Waals surface area (Å²) in [5.41, 5.74) is 0.405. The summed E-state index contributed by atoms with van der Waals surface area (Å²) in [4.78, 5) is 0. The Bertz CT molecular complexity index is 315. The van der Waals surface area contributed by atoms with Crippen LogP contribution in [0.4, 0.5) is 4.39 Å². The van der Waals surface area contributed by atoms with E-state index in [0.29, 0.717) is 10.0 Å². The zero-order chi connectivity index (χ0) is 10.0. The Kier molecular flexibility index (Phi) is 3.27. The van der Waals surface area contributed by atoms with Gasteiger partial charge in [0.25, 0.3) is 0 Å². The van der Waals surface area contributed by atoms with Crippen LogP contribution in [-0.4, -0.2) is 16.8 Å². The van der Waals surface area contributed by atoms with Crippen molar-refractivity contribution in [1.82, 2.24) is 0 Å². The van der Waals surface area contributed by atoms with Crippen LogP contribution in [0.25, 0.3) is 0 Å². The highest BCUT2D eigenvalue weighted by Crippen LogP contribution is 2.34. The normalized spacial score (nSPS) is 12.9. The molecular weight excluding hydrogens is 239 g/mol. The van der Waals surface area contributed by atoms with Gasteiger partial charge in [-0.1, -0.05) is 22.9 Å². The molecule has 1 aromatic carbocycles. The molecular formula is C9H10BrFO2. The third kappa shape index (κ3) is 2.00. The van der Waals surface area contributed by atoms with E-state index in [1.807, 2.05) is 0 Å². The van der Waals surface area contributed by atoms with Gasteiger partial charge in [-0.3, -0.25) is 0 Å². The van der Waals surface area contributed by atoms with Crippen LogP contribution in [0.1, 0.15) is 18.4 Å². The Labute approximate surface area is 84.1 Å². The van der Waals surface area contributed by atoms with Crippen molar-refractivity contribution in [2.45, 2.75) is 12.8 Å². The number of benzene rings is 1. The van der Waals surface area contributed by atoms with Crippen molar-refractivity contribution < 1.29 is 14.6 Å². The molecule has 13 heavy (non-hydrogen) atoms. The van der Waals surface area contributed by atoms with E-state index in [9.17, 15) is 9.50 Å². The number of hydrogen-bond donors (Lipinski definition) is 2. The van der Waals surface area contributed by atoms with E-state index < -0.39 is 11.6 Å². The highest BCUT2D eigenvalue weighted by Gasteiger charge is 2.16. The van der Waals surface area contributed by atoms with E-state index in [1.165, 1.54) is 12.1 Å². The quantitative estimate of drug-likeness (QED) is 0.844. The van der Waals surface area contributed by atoms with Crippen molar-refractivity contribution in [3.63, 3.8) is 0 Å². The SMILES string of the molecule is CC(CO)c1c(Br)ccc(F)c1O. The second-order valence-corrected chi connectivity index (χ2v) is 3.73. The fourth-order valence-corrected chi connectivity index (χ4v) is 1.83. The topological polar surface area (TPSA) is 40.5 Å². The lowest BCUT2D eigenvalue weighted by atomic mass is 10.0. The van der Waals surface area contributed by atoms with Crippen LogP contribution in [0.5, 0.6) is 5.75 Å². The summed E-state index contributed by atoms with van der Waals surface area (Å²) in [7, 11) is 0. The van der Waals surface area contributed by atoms with Crippen LogP contribution in [0.2, 0.25) is 0 Å². The number of aromatic hydroxyl groups is 1. The van der Waals surface area contributed by atoms with Crippen molar-refractivity contribution in [2.75, 3.05) is 6.61 Å². The lowest BCUT2D eigenvalue weighted by Crippen LogP contribution is -2.01. The Balaban J connectivity index is 3.25. The molecule has 0 amide bonds. The largest absolute Gasteiger partial charge is 0.505 e. The molecule has 1 atom stereocenters. The number of phenolic OH excluding ortho intramolecular Hbond substituents is 1. The molecule has 0 aliphatic rings. The zero-order valence-electron chi connectivity index (χ0n) is 7.09. The van der Waals surface area contributed by atoms with E-state index in [2.05, 4.69) is 15.9 Å². The van der Waals surface area contributed by atoms with Gasteiger partial charge in [0.2, 0.25) is 0 Å². The zero-order valence-corrected chi connectivity index (χ0v) is 8.68. The molecule has 0 bridgehead atoms. The smallest absolute Gasteiger partial charge is 0.165 e. The van der Waals surface area contributed by atoms with Crippen LogP contribution in [-0.2, 0) is 0 Å². The minimum Gasteiger partial charge on any atom is -0.505 e. The van der Waals surface area contributed by atoms with Gasteiger partial charge in [-0.2, -0.15) is 0 Å². The summed E-state index contributed by atoms with van der Waals surface area (Å²) in [6.07, 6.45) is 0. The minimum atomic E-state index is -0.668. The molecule has 0 saturated heterocycles. The number of rotatable bonds is 2. The summed E-state index contributed by atoms with van der Waals surface area (Å²) in [6, 6.07) is 2.68. The summed E-state index contributed by atoms with van der Waals surface area (Å²) in [6.45, 7) is 1.58. The molecule has 1 rings (SSSR count). The first-order chi connectivity index (χ1) is 6.07. The summed E-state index contributed by atoms with van der Waals surface area (Å²) < 4.78 is 13.5. The molecule has 1 aromatic rings. The average molecular weight is 249 g/mol. The lowest BCUT2D eigenvalue weighted by molar-refractivity contribution is 0.269. The maximum absolute atomic E-state index is 12.9. The first-order valence-electron chi connectivity index (χ1n) is 3.85. The van der Waals surface area contributed by atoms with Crippen molar-refractivity contribution in [3.8, 4) is 5.75 Å². The maximum atomic E-state index is 12.9. The van der Waals surface area contributed by atoms with Gasteiger partial charge in [0.15, 0.2) is 11.6 Å². The fraction of sp³-hybridized carbons (Fsp3) is 0.333. The second kappa shape index (κ2) is 4.07. The standard InChI is InChI=1S/C9H10BrFO2/c1-5(4-12)8-6(10)2-3-7(11)9(8)13/h2-3,5,12-13H,4H2,1H3. The first-order valence-corrected chi connectivity index (χ1v) is 4.65. The maximum Gasteiger partial charge on any atom is 0.165 e. The predicted octanol–water partition coefficient (Wildman–Crippen LogP) is 2.39. The monoisotopic (exact) mass is 248 g/mol. The summed E-state index contributed by atoms with van der Waals surface area (Å²) in [5, 5.41) is 18.2. The molecule has 0 spiro atoms. The van der Waals surface area contributed by atoms with Crippen molar-refractivity contribution in [3.05, 3.63) is 28.0 Å². The van der Waals surface area contributed by atoms with Gasteiger partial charge >= 0.3 is 0 Å². The Morgan fingerprint density at radius 3 is 2.69 bits per heavy atom. The van der Waals surface area contributed by atoms with Crippen LogP contribution in [0.15, 0.2) is 16.6 Å². The highest BCUT2D eigenvalue weighted by atomic mass is 79.9. The molecule has 0 saturated carbocycles. The Hall–Kier alpha value is -0.610. The fourth-order valence-electron chi connectivity index (χ4n) is 1.12. The van der Waals surface area contributed by atoms with Gasteiger partial charge in [-0.15, -0.1) is 0 Å². The number of halogens is 2. The van der Waals surface area contributed by atoms with E-state index in [1.54, 1.807) is 6.92 Å². The molecule has 1 unspecified atom stereocenters. The lowest BCUT2D eigenvalue weighted by Gasteiger charge is -2.12. The third-order valence-electron chi connectivity index (χ3n) is 1.88. The Morgan fingerprint density at radius 1 is 1.54 bits per heavy atom. The highest BCUT2D eigenvalue weighted by molar-refractivity contribution is 9.10. The molecule has 0 aromatic heterocycles.